The molecule has 0 unspecified atom stereocenters. The lowest BCUT2D eigenvalue weighted by Gasteiger charge is -2.35. The zero-order chi connectivity index (χ0) is 18.7. The lowest BCUT2D eigenvalue weighted by atomic mass is 10.2. The predicted octanol–water partition coefficient (Wildman–Crippen LogP) is 2.35. The van der Waals surface area contributed by atoms with E-state index < -0.39 is 11.8 Å². The summed E-state index contributed by atoms with van der Waals surface area (Å²) < 4.78 is 13.9. The van der Waals surface area contributed by atoms with Crippen molar-refractivity contribution < 1.29 is 14.0 Å². The van der Waals surface area contributed by atoms with Crippen LogP contribution in [0.3, 0.4) is 0 Å². The SMILES string of the molecule is Nc1ccc(NC(=O)C(=O)N2CCN(c3ccccc3F)CC2)cc1Cl. The van der Waals surface area contributed by atoms with Crippen LogP contribution >= 0.6 is 11.6 Å². The molecule has 2 aromatic carbocycles. The first kappa shape index (κ1) is 18.0. The quantitative estimate of drug-likeness (QED) is 0.623. The number of carbonyl (C=O) groups is 2. The van der Waals surface area contributed by atoms with Crippen LogP contribution in [0, 0.1) is 5.82 Å². The van der Waals surface area contributed by atoms with Gasteiger partial charge >= 0.3 is 11.8 Å². The number of benzene rings is 2. The van der Waals surface area contributed by atoms with Crippen molar-refractivity contribution in [1.82, 2.24) is 4.90 Å². The summed E-state index contributed by atoms with van der Waals surface area (Å²) in [7, 11) is 0. The molecule has 2 amide bonds. The van der Waals surface area contributed by atoms with Crippen molar-refractivity contribution in [1.29, 1.82) is 0 Å². The van der Waals surface area contributed by atoms with Gasteiger partial charge in [-0.15, -0.1) is 0 Å². The van der Waals surface area contributed by atoms with E-state index in [4.69, 9.17) is 17.3 Å². The van der Waals surface area contributed by atoms with Crippen molar-refractivity contribution >= 4 is 40.5 Å². The fraction of sp³-hybridized carbons (Fsp3) is 0.222. The first-order chi connectivity index (χ1) is 12.5. The molecule has 0 spiro atoms. The molecule has 0 radical (unpaired) electrons. The van der Waals surface area contributed by atoms with Gasteiger partial charge in [0.25, 0.3) is 0 Å². The standard InChI is InChI=1S/C18H18ClFN4O2/c19-13-11-12(5-6-15(13)21)22-17(25)18(26)24-9-7-23(8-10-24)16-4-2-1-3-14(16)20/h1-6,11H,7-10,21H2,(H,22,25). The van der Waals surface area contributed by atoms with Crippen LogP contribution in [-0.4, -0.2) is 42.9 Å². The molecule has 26 heavy (non-hydrogen) atoms. The zero-order valence-electron chi connectivity index (χ0n) is 13.9. The number of nitrogen functional groups attached to an aromatic ring is 1. The maximum Gasteiger partial charge on any atom is 0.313 e. The normalized spacial score (nSPS) is 14.2. The molecule has 0 aliphatic carbocycles. The summed E-state index contributed by atoms with van der Waals surface area (Å²) in [5, 5.41) is 2.82. The average molecular weight is 377 g/mol. The predicted molar refractivity (Wildman–Crippen MR) is 99.7 cm³/mol. The number of nitrogens with one attached hydrogen (secondary N) is 1. The van der Waals surface area contributed by atoms with E-state index in [0.717, 1.165) is 0 Å². The molecule has 1 aliphatic rings. The van der Waals surface area contributed by atoms with E-state index in [1.807, 2.05) is 4.90 Å². The Labute approximate surface area is 155 Å². The summed E-state index contributed by atoms with van der Waals surface area (Å²) in [6.07, 6.45) is 0. The van der Waals surface area contributed by atoms with Crippen molar-refractivity contribution in [2.45, 2.75) is 0 Å². The van der Waals surface area contributed by atoms with Crippen LogP contribution < -0.4 is 16.0 Å². The third kappa shape index (κ3) is 3.88. The van der Waals surface area contributed by atoms with Gasteiger partial charge < -0.3 is 20.9 Å². The highest BCUT2D eigenvalue weighted by atomic mass is 35.5. The van der Waals surface area contributed by atoms with E-state index in [1.165, 1.54) is 17.0 Å². The third-order valence-electron chi connectivity index (χ3n) is 4.21. The number of anilines is 3. The van der Waals surface area contributed by atoms with E-state index >= 15 is 0 Å². The first-order valence-corrected chi connectivity index (χ1v) is 8.48. The Morgan fingerprint density at radius 3 is 2.42 bits per heavy atom. The number of hydrogen-bond acceptors (Lipinski definition) is 4. The molecule has 0 saturated carbocycles. The Hall–Kier alpha value is -2.80. The molecule has 3 N–H and O–H groups in total. The Balaban J connectivity index is 1.58. The first-order valence-electron chi connectivity index (χ1n) is 8.10. The summed E-state index contributed by atoms with van der Waals surface area (Å²) in [4.78, 5) is 27.8. The second-order valence-electron chi connectivity index (χ2n) is 5.92. The molecule has 1 fully saturated rings. The second-order valence-corrected chi connectivity index (χ2v) is 6.33. The molecule has 1 heterocycles. The molecule has 2 aromatic rings. The van der Waals surface area contributed by atoms with Crippen LogP contribution in [0.25, 0.3) is 0 Å². The highest BCUT2D eigenvalue weighted by Gasteiger charge is 2.27. The largest absolute Gasteiger partial charge is 0.398 e. The van der Waals surface area contributed by atoms with Gasteiger partial charge in [0, 0.05) is 31.9 Å². The third-order valence-corrected chi connectivity index (χ3v) is 4.54. The van der Waals surface area contributed by atoms with Crippen LogP contribution in [0.1, 0.15) is 0 Å². The van der Waals surface area contributed by atoms with Crippen molar-refractivity contribution in [2.75, 3.05) is 42.1 Å². The molecule has 8 heteroatoms. The van der Waals surface area contributed by atoms with Gasteiger partial charge in [-0.3, -0.25) is 9.59 Å². The highest BCUT2D eigenvalue weighted by Crippen LogP contribution is 2.23. The van der Waals surface area contributed by atoms with Crippen molar-refractivity contribution in [3.05, 3.63) is 53.3 Å². The van der Waals surface area contributed by atoms with Crippen LogP contribution in [0.15, 0.2) is 42.5 Å². The van der Waals surface area contributed by atoms with Crippen molar-refractivity contribution in [3.63, 3.8) is 0 Å². The molecule has 136 valence electrons. The van der Waals surface area contributed by atoms with Gasteiger partial charge in [-0.25, -0.2) is 4.39 Å². The minimum atomic E-state index is -0.745. The Bertz CT molecular complexity index is 838. The second kappa shape index (κ2) is 7.61. The fourth-order valence-electron chi connectivity index (χ4n) is 2.79. The summed E-state index contributed by atoms with van der Waals surface area (Å²) in [5.74, 6) is -1.68. The van der Waals surface area contributed by atoms with Crippen LogP contribution in [0.4, 0.5) is 21.5 Å². The smallest absolute Gasteiger partial charge is 0.313 e. The number of carbonyl (C=O) groups excluding carboxylic acids is 2. The summed E-state index contributed by atoms with van der Waals surface area (Å²) >= 11 is 5.90. The molecule has 3 rings (SSSR count). The number of para-hydroxylation sites is 1. The van der Waals surface area contributed by atoms with E-state index in [0.29, 0.717) is 48.3 Å². The van der Waals surface area contributed by atoms with E-state index in [-0.39, 0.29) is 5.82 Å². The number of amides is 2. The number of halogens is 2. The number of piperazine rings is 1. The molecule has 1 saturated heterocycles. The van der Waals surface area contributed by atoms with Crippen LogP contribution in [-0.2, 0) is 9.59 Å². The number of rotatable bonds is 2. The molecule has 1 aliphatic heterocycles. The van der Waals surface area contributed by atoms with Gasteiger partial charge in [0.05, 0.1) is 16.4 Å². The summed E-state index contributed by atoms with van der Waals surface area (Å²) in [5.41, 5.74) is 6.90. The monoisotopic (exact) mass is 376 g/mol. The molecular formula is C18H18ClFN4O2. The van der Waals surface area contributed by atoms with Crippen molar-refractivity contribution in [2.24, 2.45) is 0 Å². The molecule has 0 aromatic heterocycles. The number of hydrogen-bond donors (Lipinski definition) is 2. The van der Waals surface area contributed by atoms with E-state index in [2.05, 4.69) is 5.32 Å². The topological polar surface area (TPSA) is 78.7 Å². The minimum Gasteiger partial charge on any atom is -0.398 e. The van der Waals surface area contributed by atoms with Crippen LogP contribution in [0.2, 0.25) is 5.02 Å². The minimum absolute atomic E-state index is 0.300. The average Bonchev–Trinajstić information content (AvgIpc) is 2.65. The fourth-order valence-corrected chi connectivity index (χ4v) is 2.97. The molecule has 0 atom stereocenters. The van der Waals surface area contributed by atoms with Gasteiger partial charge in [-0.2, -0.15) is 0 Å². The lowest BCUT2D eigenvalue weighted by Crippen LogP contribution is -2.51. The van der Waals surface area contributed by atoms with Gasteiger partial charge in [0.2, 0.25) is 0 Å². The molecule has 0 bridgehead atoms. The Morgan fingerprint density at radius 2 is 1.77 bits per heavy atom. The highest BCUT2D eigenvalue weighted by molar-refractivity contribution is 6.40. The van der Waals surface area contributed by atoms with Gasteiger partial charge in [0.15, 0.2) is 0 Å². The zero-order valence-corrected chi connectivity index (χ0v) is 14.7. The summed E-state index contributed by atoms with van der Waals surface area (Å²) in [6, 6.07) is 11.1. The van der Waals surface area contributed by atoms with Crippen molar-refractivity contribution in [3.8, 4) is 0 Å². The number of nitrogens with zero attached hydrogens (tertiary/aromatic N) is 2. The van der Waals surface area contributed by atoms with E-state index in [1.54, 1.807) is 30.3 Å². The van der Waals surface area contributed by atoms with Gasteiger partial charge in [-0.05, 0) is 30.3 Å². The van der Waals surface area contributed by atoms with E-state index in [9.17, 15) is 14.0 Å². The molecular weight excluding hydrogens is 359 g/mol. The maximum atomic E-state index is 13.9. The Kier molecular flexibility index (Phi) is 5.27. The summed E-state index contributed by atoms with van der Waals surface area (Å²) in [6.45, 7) is 1.58. The molecule has 6 nitrogen and oxygen atoms in total. The Morgan fingerprint density at radius 1 is 1.08 bits per heavy atom. The van der Waals surface area contributed by atoms with Crippen LogP contribution in [0.5, 0.6) is 0 Å². The van der Waals surface area contributed by atoms with Gasteiger partial charge in [0.1, 0.15) is 5.82 Å². The lowest BCUT2D eigenvalue weighted by molar-refractivity contribution is -0.143. The maximum absolute atomic E-state index is 13.9. The number of nitrogens with two attached hydrogens (primary N) is 1. The van der Waals surface area contributed by atoms with Gasteiger partial charge in [-0.1, -0.05) is 23.7 Å².